The molecule has 0 atom stereocenters. The first-order chi connectivity index (χ1) is 15.6. The number of pyridine rings is 2. The first kappa shape index (κ1) is 22.3. The average molecular weight is 438 g/mol. The maximum Gasteiger partial charge on any atom is 0.315 e. The molecule has 0 unspecified atom stereocenters. The van der Waals surface area contributed by atoms with Gasteiger partial charge in [0.15, 0.2) is 5.82 Å². The summed E-state index contributed by atoms with van der Waals surface area (Å²) in [5.41, 5.74) is 10.3. The molecule has 172 valence electrons. The predicted molar refractivity (Wildman–Crippen MR) is 129 cm³/mol. The molecule has 3 heterocycles. The number of aryl methyl sites for hydroxylation is 2. The minimum Gasteiger partial charge on any atom is -0.382 e. The van der Waals surface area contributed by atoms with Crippen LogP contribution in [-0.2, 0) is 12.8 Å². The van der Waals surface area contributed by atoms with E-state index in [1.54, 1.807) is 0 Å². The summed E-state index contributed by atoms with van der Waals surface area (Å²) in [6.07, 6.45) is 11.7. The van der Waals surface area contributed by atoms with Crippen molar-refractivity contribution in [3.8, 4) is 0 Å². The van der Waals surface area contributed by atoms with Gasteiger partial charge in [-0.05, 0) is 50.7 Å². The molecule has 2 amide bonds. The van der Waals surface area contributed by atoms with Crippen molar-refractivity contribution in [2.24, 2.45) is 0 Å². The Kier molecular flexibility index (Phi) is 7.39. The number of aromatic nitrogens is 4. The van der Waals surface area contributed by atoms with Crippen LogP contribution < -0.4 is 16.4 Å². The van der Waals surface area contributed by atoms with Crippen LogP contribution in [-0.4, -0.2) is 38.6 Å². The van der Waals surface area contributed by atoms with E-state index in [1.807, 2.05) is 12.1 Å². The summed E-state index contributed by atoms with van der Waals surface area (Å²) >= 11 is 0. The number of nitrogen functional groups attached to an aromatic ring is 1. The number of H-pyrrole nitrogens is 1. The quantitative estimate of drug-likeness (QED) is 0.370. The molecule has 0 aliphatic heterocycles. The Balaban J connectivity index is 1.32. The Bertz CT molecular complexity index is 1060. The van der Waals surface area contributed by atoms with Crippen molar-refractivity contribution in [1.82, 2.24) is 30.6 Å². The number of urea groups is 1. The summed E-state index contributed by atoms with van der Waals surface area (Å²) in [5.74, 6) is 1.38. The third kappa shape index (κ3) is 5.47. The highest BCUT2D eigenvalue weighted by Crippen LogP contribution is 2.26. The first-order valence-corrected chi connectivity index (χ1v) is 12.1. The number of amides is 2. The maximum atomic E-state index is 12.0. The van der Waals surface area contributed by atoms with Crippen LogP contribution in [0.15, 0.2) is 12.1 Å². The van der Waals surface area contributed by atoms with Crippen LogP contribution in [0.5, 0.6) is 0 Å². The second-order valence-electron chi connectivity index (χ2n) is 8.87. The zero-order valence-corrected chi connectivity index (χ0v) is 19.0. The number of fused-ring (bicyclic) bond motifs is 3. The summed E-state index contributed by atoms with van der Waals surface area (Å²) in [4.78, 5) is 29.5. The van der Waals surface area contributed by atoms with Crippen molar-refractivity contribution < 1.29 is 4.79 Å². The van der Waals surface area contributed by atoms with Crippen LogP contribution in [0.2, 0.25) is 0 Å². The number of aromatic amines is 1. The molecule has 0 spiro atoms. The van der Waals surface area contributed by atoms with Gasteiger partial charge < -0.3 is 21.4 Å². The zero-order chi connectivity index (χ0) is 22.3. The third-order valence-electron chi connectivity index (χ3n) is 6.26. The van der Waals surface area contributed by atoms with Crippen LogP contribution in [0.4, 0.5) is 10.6 Å². The Morgan fingerprint density at radius 1 is 1.06 bits per heavy atom. The molecule has 0 aromatic carbocycles. The molecule has 1 aliphatic rings. The van der Waals surface area contributed by atoms with Gasteiger partial charge in [-0.25, -0.2) is 19.7 Å². The van der Waals surface area contributed by atoms with Crippen molar-refractivity contribution in [3.63, 3.8) is 0 Å². The van der Waals surface area contributed by atoms with Gasteiger partial charge in [0.1, 0.15) is 16.9 Å². The van der Waals surface area contributed by atoms with Crippen LogP contribution >= 0.6 is 0 Å². The fourth-order valence-electron chi connectivity index (χ4n) is 4.45. The van der Waals surface area contributed by atoms with E-state index in [4.69, 9.17) is 10.7 Å². The number of unbranched alkanes of at least 4 members (excludes halogenated alkanes) is 2. The first-order valence-electron chi connectivity index (χ1n) is 12.1. The molecule has 0 saturated heterocycles. The minimum absolute atomic E-state index is 0.0371. The molecular weight excluding hydrogens is 402 g/mol. The number of carbonyl (C=O) groups is 1. The Morgan fingerprint density at radius 2 is 1.91 bits per heavy atom. The number of nitrogens with one attached hydrogen (secondary N) is 3. The van der Waals surface area contributed by atoms with Crippen molar-refractivity contribution in [2.45, 2.75) is 83.6 Å². The van der Waals surface area contributed by atoms with Gasteiger partial charge in [-0.3, -0.25) is 0 Å². The van der Waals surface area contributed by atoms with Crippen LogP contribution in [0.25, 0.3) is 22.1 Å². The highest BCUT2D eigenvalue weighted by atomic mass is 16.2. The maximum absolute atomic E-state index is 12.0. The SMILES string of the molecule is CCCCc1nc2c(N)nc3ccc(CCCCNC(=O)NC4CCCCC4)nc3c2[nH]1. The second kappa shape index (κ2) is 10.6. The molecule has 8 heteroatoms. The van der Waals surface area contributed by atoms with Gasteiger partial charge in [0.05, 0.1) is 11.0 Å². The van der Waals surface area contributed by atoms with E-state index in [9.17, 15) is 4.79 Å². The molecular formula is C24H35N7O. The standard InChI is InChI=1S/C24H35N7O/c1-2-3-12-19-30-21-20-18(29-23(25)22(21)31-19)14-13-17(27-20)11-7-8-15-26-24(32)28-16-9-5-4-6-10-16/h13-14,16H,2-12,15H2,1H3,(H2,25,29)(H,30,31)(H2,26,28,32). The molecule has 0 bridgehead atoms. The second-order valence-corrected chi connectivity index (χ2v) is 8.87. The van der Waals surface area contributed by atoms with Gasteiger partial charge >= 0.3 is 6.03 Å². The molecule has 32 heavy (non-hydrogen) atoms. The molecule has 3 aromatic heterocycles. The smallest absolute Gasteiger partial charge is 0.315 e. The Hall–Kier alpha value is -2.90. The number of hydrogen-bond donors (Lipinski definition) is 4. The highest BCUT2D eigenvalue weighted by Gasteiger charge is 2.15. The molecule has 1 fully saturated rings. The van der Waals surface area contributed by atoms with E-state index in [0.29, 0.717) is 23.9 Å². The molecule has 8 nitrogen and oxygen atoms in total. The van der Waals surface area contributed by atoms with Crippen molar-refractivity contribution >= 4 is 33.9 Å². The Morgan fingerprint density at radius 3 is 2.72 bits per heavy atom. The number of rotatable bonds is 9. The summed E-state index contributed by atoms with van der Waals surface area (Å²) in [6.45, 7) is 2.84. The lowest BCUT2D eigenvalue weighted by Gasteiger charge is -2.22. The number of nitrogens with zero attached hydrogens (tertiary/aromatic N) is 3. The molecule has 0 radical (unpaired) electrons. The lowest BCUT2D eigenvalue weighted by molar-refractivity contribution is 0.232. The van der Waals surface area contributed by atoms with E-state index in [-0.39, 0.29) is 6.03 Å². The third-order valence-corrected chi connectivity index (χ3v) is 6.26. The number of hydrogen-bond acceptors (Lipinski definition) is 5. The normalized spacial score (nSPS) is 14.8. The molecule has 1 aliphatic carbocycles. The highest BCUT2D eigenvalue weighted by molar-refractivity contribution is 6.03. The Labute approximate surface area is 189 Å². The van der Waals surface area contributed by atoms with Crippen LogP contribution in [0, 0.1) is 0 Å². The van der Waals surface area contributed by atoms with E-state index in [1.165, 1.54) is 19.3 Å². The molecule has 1 saturated carbocycles. The van der Waals surface area contributed by atoms with Crippen molar-refractivity contribution in [2.75, 3.05) is 12.3 Å². The van der Waals surface area contributed by atoms with Crippen molar-refractivity contribution in [1.29, 1.82) is 0 Å². The molecule has 3 aromatic rings. The average Bonchev–Trinajstić information content (AvgIpc) is 3.24. The monoisotopic (exact) mass is 437 g/mol. The number of imidazole rings is 1. The summed E-state index contributed by atoms with van der Waals surface area (Å²) in [5, 5.41) is 6.08. The number of carbonyl (C=O) groups excluding carboxylic acids is 1. The zero-order valence-electron chi connectivity index (χ0n) is 19.0. The van der Waals surface area contributed by atoms with Gasteiger partial charge in [-0.1, -0.05) is 32.6 Å². The lowest BCUT2D eigenvalue weighted by atomic mass is 9.96. The fourth-order valence-corrected chi connectivity index (χ4v) is 4.45. The van der Waals surface area contributed by atoms with Gasteiger partial charge in [0.25, 0.3) is 0 Å². The predicted octanol–water partition coefficient (Wildman–Crippen LogP) is 4.39. The number of anilines is 1. The van der Waals surface area contributed by atoms with E-state index in [2.05, 4.69) is 32.5 Å². The van der Waals surface area contributed by atoms with E-state index >= 15 is 0 Å². The van der Waals surface area contributed by atoms with Gasteiger partial charge in [-0.15, -0.1) is 0 Å². The van der Waals surface area contributed by atoms with E-state index in [0.717, 1.165) is 79.4 Å². The lowest BCUT2D eigenvalue weighted by Crippen LogP contribution is -2.43. The van der Waals surface area contributed by atoms with Crippen LogP contribution in [0.3, 0.4) is 0 Å². The molecule has 5 N–H and O–H groups in total. The topological polar surface area (TPSA) is 122 Å². The summed E-state index contributed by atoms with van der Waals surface area (Å²) < 4.78 is 0. The molecule has 4 rings (SSSR count). The summed E-state index contributed by atoms with van der Waals surface area (Å²) in [7, 11) is 0. The van der Waals surface area contributed by atoms with Gasteiger partial charge in [-0.2, -0.15) is 0 Å². The van der Waals surface area contributed by atoms with Crippen molar-refractivity contribution in [3.05, 3.63) is 23.7 Å². The van der Waals surface area contributed by atoms with Gasteiger partial charge in [0.2, 0.25) is 0 Å². The van der Waals surface area contributed by atoms with E-state index < -0.39 is 0 Å². The summed E-state index contributed by atoms with van der Waals surface area (Å²) in [6, 6.07) is 4.30. The number of nitrogens with two attached hydrogens (primary N) is 1. The van der Waals surface area contributed by atoms with Crippen LogP contribution in [0.1, 0.15) is 76.2 Å². The fraction of sp³-hybridized carbons (Fsp3) is 0.583. The largest absolute Gasteiger partial charge is 0.382 e. The minimum atomic E-state index is -0.0371. The van der Waals surface area contributed by atoms with Gasteiger partial charge in [0, 0.05) is 24.7 Å².